The highest BCUT2D eigenvalue weighted by Crippen LogP contribution is 2.29. The second kappa shape index (κ2) is 6.90. The van der Waals surface area contributed by atoms with Crippen molar-refractivity contribution in [2.45, 2.75) is 13.0 Å². The first-order chi connectivity index (χ1) is 14.2. The summed E-state index contributed by atoms with van der Waals surface area (Å²) in [6.07, 6.45) is 3.99. The Morgan fingerprint density at radius 1 is 1.21 bits per heavy atom. The topological polar surface area (TPSA) is 108 Å². The van der Waals surface area contributed by atoms with Crippen LogP contribution >= 0.6 is 0 Å². The molecule has 0 atom stereocenters. The number of aromatic amines is 1. The molecule has 0 aliphatic carbocycles. The lowest BCUT2D eigenvalue weighted by Crippen LogP contribution is -2.36. The number of amides is 1. The molecule has 4 heterocycles. The van der Waals surface area contributed by atoms with Gasteiger partial charge in [0.05, 0.1) is 17.8 Å². The number of oxazole rings is 1. The van der Waals surface area contributed by atoms with Gasteiger partial charge in [-0.25, -0.2) is 4.98 Å². The third kappa shape index (κ3) is 3.14. The fraction of sp³-hybridized carbons (Fsp3) is 0.143. The van der Waals surface area contributed by atoms with Crippen LogP contribution in [0.25, 0.3) is 22.7 Å². The van der Waals surface area contributed by atoms with E-state index in [1.54, 1.807) is 41.6 Å². The molecule has 8 nitrogen and oxygen atoms in total. The van der Waals surface area contributed by atoms with Crippen LogP contribution < -0.4 is 0 Å². The number of pyridine rings is 1. The molecule has 29 heavy (non-hydrogen) atoms. The first kappa shape index (κ1) is 17.2. The van der Waals surface area contributed by atoms with Crippen molar-refractivity contribution in [2.24, 2.45) is 0 Å². The molecule has 1 aliphatic rings. The lowest BCUT2D eigenvalue weighted by molar-refractivity contribution is 0.0722. The van der Waals surface area contributed by atoms with Crippen molar-refractivity contribution in [3.8, 4) is 28.5 Å². The molecule has 0 saturated heterocycles. The molecule has 0 bridgehead atoms. The van der Waals surface area contributed by atoms with Gasteiger partial charge in [-0.1, -0.05) is 12.1 Å². The molecule has 8 heteroatoms. The van der Waals surface area contributed by atoms with Gasteiger partial charge in [0, 0.05) is 30.9 Å². The Morgan fingerprint density at radius 2 is 2.10 bits per heavy atom. The van der Waals surface area contributed by atoms with Crippen molar-refractivity contribution in [3.63, 3.8) is 0 Å². The number of fused-ring (bicyclic) bond motifs is 1. The monoisotopic (exact) mass is 387 g/mol. The second-order valence-electron chi connectivity index (χ2n) is 6.79. The molecule has 0 unspecified atom stereocenters. The van der Waals surface area contributed by atoms with Crippen molar-refractivity contribution in [2.75, 3.05) is 6.54 Å². The van der Waals surface area contributed by atoms with Crippen molar-refractivity contribution < 1.29 is 14.3 Å². The third-order valence-electron chi connectivity index (χ3n) is 4.91. The predicted molar refractivity (Wildman–Crippen MR) is 104 cm³/mol. The largest absolute Gasteiger partial charge is 0.507 e. The van der Waals surface area contributed by atoms with Crippen molar-refractivity contribution >= 4 is 5.91 Å². The summed E-state index contributed by atoms with van der Waals surface area (Å²) in [6, 6.07) is 12.2. The average molecular weight is 387 g/mol. The molecular formula is C21H17N5O3. The molecule has 0 spiro atoms. The number of hydrogen-bond donors (Lipinski definition) is 2. The summed E-state index contributed by atoms with van der Waals surface area (Å²) in [6.45, 7) is 0.890. The number of carbonyl (C=O) groups is 1. The van der Waals surface area contributed by atoms with Crippen LogP contribution in [0.5, 0.6) is 5.75 Å². The summed E-state index contributed by atoms with van der Waals surface area (Å²) in [5.41, 5.74) is 3.01. The lowest BCUT2D eigenvalue weighted by Gasteiger charge is -2.24. The zero-order chi connectivity index (χ0) is 19.8. The maximum Gasteiger partial charge on any atom is 0.272 e. The highest BCUT2D eigenvalue weighted by Gasteiger charge is 2.27. The highest BCUT2D eigenvalue weighted by atomic mass is 16.4. The maximum absolute atomic E-state index is 12.9. The molecule has 5 rings (SSSR count). The maximum atomic E-state index is 12.9. The molecule has 0 fully saturated rings. The van der Waals surface area contributed by atoms with Gasteiger partial charge in [-0.3, -0.25) is 14.9 Å². The fourth-order valence-corrected chi connectivity index (χ4v) is 3.41. The second-order valence-corrected chi connectivity index (χ2v) is 6.79. The number of H-pyrrole nitrogens is 1. The number of carbonyl (C=O) groups excluding carboxylic acids is 1. The van der Waals surface area contributed by atoms with Crippen LogP contribution in [-0.4, -0.2) is 42.6 Å². The van der Waals surface area contributed by atoms with Crippen LogP contribution in [0.15, 0.2) is 59.3 Å². The van der Waals surface area contributed by atoms with Gasteiger partial charge in [-0.2, -0.15) is 5.10 Å². The number of aromatic hydroxyl groups is 1. The smallest absolute Gasteiger partial charge is 0.272 e. The lowest BCUT2D eigenvalue weighted by atomic mass is 10.1. The Hall–Kier alpha value is -3.94. The summed E-state index contributed by atoms with van der Waals surface area (Å²) in [5.74, 6) is 1.26. The predicted octanol–water partition coefficient (Wildman–Crippen LogP) is 3.03. The van der Waals surface area contributed by atoms with Crippen LogP contribution in [0.2, 0.25) is 0 Å². The van der Waals surface area contributed by atoms with E-state index in [0.717, 1.165) is 17.0 Å². The van der Waals surface area contributed by atoms with Crippen molar-refractivity contribution in [3.05, 3.63) is 72.0 Å². The zero-order valence-electron chi connectivity index (χ0n) is 15.4. The average Bonchev–Trinajstić information content (AvgIpc) is 3.41. The SMILES string of the molecule is O=C(c1cc(-c2ccccc2O)n[nH]1)N1CCc2oc(-c3cccnc3)nc2C1. The fourth-order valence-electron chi connectivity index (χ4n) is 3.41. The number of benzene rings is 1. The summed E-state index contributed by atoms with van der Waals surface area (Å²) in [7, 11) is 0. The molecule has 4 aromatic rings. The molecule has 144 valence electrons. The van der Waals surface area contributed by atoms with Crippen LogP contribution in [-0.2, 0) is 13.0 Å². The number of aromatic nitrogens is 4. The number of phenolic OH excluding ortho intramolecular Hbond substituents is 1. The van der Waals surface area contributed by atoms with Crippen LogP contribution in [0.1, 0.15) is 21.9 Å². The standard InChI is InChI=1S/C21H17N5O3/c27-18-6-2-1-5-14(18)15-10-16(25-24-15)21(28)26-9-7-19-17(12-26)23-20(29-19)13-4-3-8-22-11-13/h1-6,8,10-11,27H,7,9,12H2,(H,24,25). The molecular weight excluding hydrogens is 370 g/mol. The van der Waals surface area contributed by atoms with E-state index < -0.39 is 0 Å². The number of nitrogens with zero attached hydrogens (tertiary/aromatic N) is 4. The van der Waals surface area contributed by atoms with Gasteiger partial charge < -0.3 is 14.4 Å². The van der Waals surface area contributed by atoms with Gasteiger partial charge >= 0.3 is 0 Å². The van der Waals surface area contributed by atoms with Gasteiger partial charge in [-0.05, 0) is 30.3 Å². The Kier molecular flexibility index (Phi) is 4.09. The molecule has 0 radical (unpaired) electrons. The summed E-state index contributed by atoms with van der Waals surface area (Å²) >= 11 is 0. The minimum absolute atomic E-state index is 0.117. The molecule has 3 aromatic heterocycles. The Balaban J connectivity index is 1.36. The number of rotatable bonds is 3. The quantitative estimate of drug-likeness (QED) is 0.559. The number of phenols is 1. The minimum Gasteiger partial charge on any atom is -0.507 e. The van der Waals surface area contributed by atoms with Gasteiger partial charge in [0.2, 0.25) is 5.89 Å². The van der Waals surface area contributed by atoms with Gasteiger partial charge in [0.15, 0.2) is 0 Å². The molecule has 1 aliphatic heterocycles. The Morgan fingerprint density at radius 3 is 2.93 bits per heavy atom. The normalized spacial score (nSPS) is 13.3. The first-order valence-corrected chi connectivity index (χ1v) is 9.21. The van der Waals surface area contributed by atoms with Crippen molar-refractivity contribution in [1.82, 2.24) is 25.1 Å². The van der Waals surface area contributed by atoms with E-state index in [-0.39, 0.29) is 11.7 Å². The minimum atomic E-state index is -0.171. The van der Waals surface area contributed by atoms with Gasteiger partial charge in [0.1, 0.15) is 22.9 Å². The molecule has 1 amide bonds. The van der Waals surface area contributed by atoms with E-state index in [2.05, 4.69) is 20.2 Å². The summed E-state index contributed by atoms with van der Waals surface area (Å²) in [5, 5.41) is 17.0. The van der Waals surface area contributed by atoms with Crippen LogP contribution in [0.4, 0.5) is 0 Å². The highest BCUT2D eigenvalue weighted by molar-refractivity contribution is 5.93. The zero-order valence-corrected chi connectivity index (χ0v) is 15.4. The van der Waals surface area contributed by atoms with E-state index >= 15 is 0 Å². The summed E-state index contributed by atoms with van der Waals surface area (Å²) < 4.78 is 5.86. The Bertz CT molecular complexity index is 1180. The van der Waals surface area contributed by atoms with Gasteiger partial charge in [-0.15, -0.1) is 0 Å². The number of para-hydroxylation sites is 1. The van der Waals surface area contributed by atoms with E-state index in [0.29, 0.717) is 42.4 Å². The van der Waals surface area contributed by atoms with Crippen LogP contribution in [0.3, 0.4) is 0 Å². The summed E-state index contributed by atoms with van der Waals surface area (Å²) in [4.78, 5) is 23.3. The van der Waals surface area contributed by atoms with Crippen molar-refractivity contribution in [1.29, 1.82) is 0 Å². The molecule has 1 aromatic carbocycles. The van der Waals surface area contributed by atoms with E-state index in [9.17, 15) is 9.90 Å². The number of nitrogens with one attached hydrogen (secondary N) is 1. The van der Waals surface area contributed by atoms with E-state index in [1.807, 2.05) is 18.2 Å². The molecule has 0 saturated carbocycles. The Labute approximate surface area is 165 Å². The first-order valence-electron chi connectivity index (χ1n) is 9.21. The van der Waals surface area contributed by atoms with Crippen LogP contribution in [0, 0.1) is 0 Å². The van der Waals surface area contributed by atoms with E-state index in [4.69, 9.17) is 4.42 Å². The van der Waals surface area contributed by atoms with Gasteiger partial charge in [0.25, 0.3) is 5.91 Å². The third-order valence-corrected chi connectivity index (χ3v) is 4.91. The molecule has 2 N–H and O–H groups in total. The number of hydrogen-bond acceptors (Lipinski definition) is 6. The van der Waals surface area contributed by atoms with E-state index in [1.165, 1.54) is 0 Å².